The van der Waals surface area contributed by atoms with Crippen LogP contribution in [0.3, 0.4) is 0 Å². The quantitative estimate of drug-likeness (QED) is 0.502. The number of nitrogens with zero attached hydrogens (tertiary/aromatic N) is 3. The van der Waals surface area contributed by atoms with Crippen LogP contribution in [-0.4, -0.2) is 25.8 Å². The Morgan fingerprint density at radius 1 is 1.12 bits per heavy atom. The van der Waals surface area contributed by atoms with Crippen molar-refractivity contribution < 1.29 is 33.9 Å². The van der Waals surface area contributed by atoms with Gasteiger partial charge in [-0.2, -0.15) is 5.10 Å². The van der Waals surface area contributed by atoms with E-state index in [4.69, 9.17) is 0 Å². The number of carbonyl (C=O) groups excluding carboxylic acids is 1. The second-order valence-electron chi connectivity index (χ2n) is 5.44. The van der Waals surface area contributed by atoms with E-state index in [2.05, 4.69) is 10.1 Å². The van der Waals surface area contributed by atoms with Crippen molar-refractivity contribution in [3.63, 3.8) is 0 Å². The summed E-state index contributed by atoms with van der Waals surface area (Å²) in [6, 6.07) is 10.9. The van der Waals surface area contributed by atoms with Gasteiger partial charge in [0.25, 0.3) is 5.56 Å². The van der Waals surface area contributed by atoms with Crippen molar-refractivity contribution in [3.8, 4) is 11.3 Å². The van der Waals surface area contributed by atoms with Gasteiger partial charge in [-0.15, -0.1) is 0 Å². The van der Waals surface area contributed by atoms with Crippen LogP contribution in [0.25, 0.3) is 11.3 Å². The smallest absolute Gasteiger partial charge is 0.545 e. The maximum absolute atomic E-state index is 12.1. The number of carboxylic acid groups (broad SMARTS) is 1. The average Bonchev–Trinajstić information content (AvgIpc) is 2.64. The summed E-state index contributed by atoms with van der Waals surface area (Å²) in [5.74, 6) is -1.28. The monoisotopic (exact) mass is 343 g/mol. The van der Waals surface area contributed by atoms with Crippen LogP contribution in [0.4, 0.5) is 0 Å². The van der Waals surface area contributed by atoms with Gasteiger partial charge in [-0.1, -0.05) is 18.2 Å². The fourth-order valence-corrected chi connectivity index (χ4v) is 2.40. The van der Waals surface area contributed by atoms with Crippen molar-refractivity contribution in [2.24, 2.45) is 0 Å². The first-order chi connectivity index (χ1) is 12.1. The summed E-state index contributed by atoms with van der Waals surface area (Å²) in [7, 11) is 0. The number of rotatable bonds is 5. The molecule has 0 aliphatic rings. The zero-order valence-corrected chi connectivity index (χ0v) is 14.1. The molecule has 0 unspecified atom stereocenters. The van der Waals surface area contributed by atoms with Gasteiger partial charge in [0.05, 0.1) is 24.8 Å². The number of aromatic carboxylic acids is 1. The number of carbonyl (C=O) groups is 1. The molecule has 0 saturated carbocycles. The molecular formula is C18H14LiN3O4. The first-order valence-corrected chi connectivity index (χ1v) is 7.50. The zero-order valence-electron chi connectivity index (χ0n) is 14.1. The Labute approximate surface area is 161 Å². The van der Waals surface area contributed by atoms with Crippen molar-refractivity contribution in [2.75, 3.05) is 0 Å². The number of hydrogen-bond acceptors (Lipinski definition) is 6. The fourth-order valence-electron chi connectivity index (χ4n) is 2.40. The molecule has 2 heterocycles. The summed E-state index contributed by atoms with van der Waals surface area (Å²) in [4.78, 5) is 27.1. The number of aliphatic hydroxyl groups excluding tert-OH is 1. The van der Waals surface area contributed by atoms with Crippen molar-refractivity contribution in [3.05, 3.63) is 81.9 Å². The van der Waals surface area contributed by atoms with Gasteiger partial charge in [0.15, 0.2) is 0 Å². The minimum atomic E-state index is -1.28. The Hall–Kier alpha value is -2.72. The van der Waals surface area contributed by atoms with Crippen LogP contribution in [0.5, 0.6) is 0 Å². The van der Waals surface area contributed by atoms with Crippen LogP contribution in [-0.2, 0) is 13.2 Å². The van der Waals surface area contributed by atoms with Crippen LogP contribution in [0.1, 0.15) is 21.5 Å². The topological polar surface area (TPSA) is 108 Å². The Morgan fingerprint density at radius 3 is 2.65 bits per heavy atom. The second-order valence-corrected chi connectivity index (χ2v) is 5.44. The Bertz CT molecular complexity index is 988. The Balaban J connectivity index is 0.00000243. The summed E-state index contributed by atoms with van der Waals surface area (Å²) in [6.07, 6.45) is 3.14. The van der Waals surface area contributed by atoms with E-state index in [1.165, 1.54) is 22.9 Å². The first kappa shape index (κ1) is 19.6. The van der Waals surface area contributed by atoms with E-state index in [-0.39, 0.29) is 43.1 Å². The third-order valence-corrected chi connectivity index (χ3v) is 3.63. The van der Waals surface area contributed by atoms with E-state index < -0.39 is 5.97 Å². The van der Waals surface area contributed by atoms with Crippen LogP contribution in [0.2, 0.25) is 0 Å². The summed E-state index contributed by atoms with van der Waals surface area (Å²) in [6.45, 7) is -0.0165. The third-order valence-electron chi connectivity index (χ3n) is 3.63. The predicted octanol–water partition coefficient (Wildman–Crippen LogP) is -2.79. The van der Waals surface area contributed by atoms with Gasteiger partial charge in [-0.3, -0.25) is 9.78 Å². The molecular weight excluding hydrogens is 329 g/mol. The Morgan fingerprint density at radius 2 is 1.92 bits per heavy atom. The first-order valence-electron chi connectivity index (χ1n) is 7.50. The molecule has 7 nitrogen and oxygen atoms in total. The molecule has 1 aromatic carbocycles. The average molecular weight is 343 g/mol. The molecule has 0 spiro atoms. The number of aromatic nitrogens is 3. The number of benzene rings is 1. The molecule has 2 aromatic heterocycles. The van der Waals surface area contributed by atoms with E-state index in [9.17, 15) is 19.8 Å². The summed E-state index contributed by atoms with van der Waals surface area (Å²) < 4.78 is 1.25. The van der Waals surface area contributed by atoms with Crippen LogP contribution in [0, 0.1) is 0 Å². The molecule has 0 bridgehead atoms. The normalized spacial score (nSPS) is 10.2. The Kier molecular flexibility index (Phi) is 6.47. The molecule has 0 aliphatic carbocycles. The maximum Gasteiger partial charge on any atom is 1.00 e. The zero-order chi connectivity index (χ0) is 17.8. The molecule has 0 amide bonds. The molecule has 126 valence electrons. The van der Waals surface area contributed by atoms with Gasteiger partial charge >= 0.3 is 18.9 Å². The molecule has 0 atom stereocenters. The molecule has 0 radical (unpaired) electrons. The van der Waals surface area contributed by atoms with Gasteiger partial charge in [0.2, 0.25) is 0 Å². The standard InChI is InChI=1S/C18H15N3O4.Li/c22-11-13-7-15(9-19-8-13)16-4-5-17(23)21(20-16)10-12-2-1-3-14(6-12)18(24)25;/h1-9,22H,10-11H2,(H,24,25);/q;+1/p-1. The van der Waals surface area contributed by atoms with Gasteiger partial charge in [0.1, 0.15) is 0 Å². The minimum Gasteiger partial charge on any atom is -0.545 e. The third kappa shape index (κ3) is 4.46. The molecule has 3 aromatic rings. The summed E-state index contributed by atoms with van der Waals surface area (Å²) in [5.41, 5.74) is 2.19. The minimum absolute atomic E-state index is 0. The molecule has 0 aliphatic heterocycles. The molecule has 0 fully saturated rings. The molecule has 1 N–H and O–H groups in total. The van der Waals surface area contributed by atoms with E-state index >= 15 is 0 Å². The van der Waals surface area contributed by atoms with Gasteiger partial charge in [-0.25, -0.2) is 4.68 Å². The van der Waals surface area contributed by atoms with Gasteiger partial charge in [0, 0.05) is 24.0 Å². The second kappa shape index (κ2) is 8.58. The van der Waals surface area contributed by atoms with Crippen LogP contribution in [0.15, 0.2) is 59.7 Å². The van der Waals surface area contributed by atoms with Crippen molar-refractivity contribution in [2.45, 2.75) is 13.2 Å². The fraction of sp³-hybridized carbons (Fsp3) is 0.111. The van der Waals surface area contributed by atoms with Crippen molar-refractivity contribution in [1.29, 1.82) is 0 Å². The number of aliphatic hydroxyl groups is 1. The van der Waals surface area contributed by atoms with E-state index in [0.29, 0.717) is 22.4 Å². The van der Waals surface area contributed by atoms with Crippen LogP contribution >= 0.6 is 0 Å². The number of carboxylic acids is 1. The molecule has 3 rings (SSSR count). The SMILES string of the molecule is O=C([O-])c1cccc(Cn2nc(-c3cncc(CO)c3)ccc2=O)c1.[Li+]. The van der Waals surface area contributed by atoms with E-state index in [1.807, 2.05) is 0 Å². The largest absolute Gasteiger partial charge is 1.00 e. The molecule has 0 saturated heterocycles. The van der Waals surface area contributed by atoms with Crippen molar-refractivity contribution in [1.82, 2.24) is 14.8 Å². The number of pyridine rings is 1. The maximum atomic E-state index is 12.1. The number of hydrogen-bond donors (Lipinski definition) is 1. The molecule has 26 heavy (non-hydrogen) atoms. The van der Waals surface area contributed by atoms with E-state index in [1.54, 1.807) is 36.7 Å². The summed E-state index contributed by atoms with van der Waals surface area (Å²) >= 11 is 0. The molecule has 8 heteroatoms. The van der Waals surface area contributed by atoms with Crippen molar-refractivity contribution >= 4 is 5.97 Å². The predicted molar refractivity (Wildman–Crippen MR) is 87.5 cm³/mol. The van der Waals surface area contributed by atoms with Gasteiger partial charge in [-0.05, 0) is 34.9 Å². The van der Waals surface area contributed by atoms with E-state index in [0.717, 1.165) is 0 Å². The van der Waals surface area contributed by atoms with Crippen LogP contribution < -0.4 is 29.5 Å². The summed E-state index contributed by atoms with van der Waals surface area (Å²) in [5, 5.41) is 24.5. The van der Waals surface area contributed by atoms with Gasteiger partial charge < -0.3 is 15.0 Å².